The van der Waals surface area contributed by atoms with Gasteiger partial charge < -0.3 is 9.64 Å². The standard InChI is InChI=1S/C21H27N3O2/c1-26-17-7-2-5-15(13-17)10-11-16-6-4-12-24(14-16)21(25)20-18-8-3-9-19(18)22-23-20/h2,5,7,13,16H,3-4,6,8-12,14H2,1H3,(H,22,23)/t16-/m0/s1. The van der Waals surface area contributed by atoms with E-state index in [0.717, 1.165) is 62.9 Å². The molecule has 1 N–H and O–H groups in total. The number of hydrogen-bond acceptors (Lipinski definition) is 3. The molecule has 1 aliphatic heterocycles. The molecule has 1 saturated heterocycles. The van der Waals surface area contributed by atoms with Gasteiger partial charge in [-0.25, -0.2) is 0 Å². The van der Waals surface area contributed by atoms with Crippen molar-refractivity contribution in [2.75, 3.05) is 20.2 Å². The Morgan fingerprint density at radius 2 is 2.27 bits per heavy atom. The molecule has 2 heterocycles. The molecule has 2 aromatic rings. The van der Waals surface area contributed by atoms with Gasteiger partial charge in [-0.15, -0.1) is 0 Å². The summed E-state index contributed by atoms with van der Waals surface area (Å²) in [7, 11) is 1.70. The van der Waals surface area contributed by atoms with Crippen LogP contribution in [0.5, 0.6) is 5.75 Å². The van der Waals surface area contributed by atoms with Gasteiger partial charge in [0.25, 0.3) is 5.91 Å². The van der Waals surface area contributed by atoms with Gasteiger partial charge in [0.1, 0.15) is 5.75 Å². The minimum Gasteiger partial charge on any atom is -0.497 e. The number of benzene rings is 1. The van der Waals surface area contributed by atoms with Crippen LogP contribution in [-0.4, -0.2) is 41.2 Å². The molecule has 1 atom stereocenters. The number of likely N-dealkylation sites (tertiary alicyclic amines) is 1. The van der Waals surface area contributed by atoms with Crippen molar-refractivity contribution in [1.29, 1.82) is 0 Å². The number of rotatable bonds is 5. The van der Waals surface area contributed by atoms with Gasteiger partial charge in [0.15, 0.2) is 5.69 Å². The predicted octanol–water partition coefficient (Wildman–Crippen LogP) is 3.39. The highest BCUT2D eigenvalue weighted by Crippen LogP contribution is 2.27. The molecule has 0 saturated carbocycles. The van der Waals surface area contributed by atoms with E-state index in [0.29, 0.717) is 11.6 Å². The molecule has 26 heavy (non-hydrogen) atoms. The quantitative estimate of drug-likeness (QED) is 0.896. The molecule has 138 valence electrons. The summed E-state index contributed by atoms with van der Waals surface area (Å²) in [6.45, 7) is 1.71. The molecule has 0 radical (unpaired) electrons. The second-order valence-corrected chi connectivity index (χ2v) is 7.53. The van der Waals surface area contributed by atoms with E-state index in [9.17, 15) is 4.79 Å². The van der Waals surface area contributed by atoms with Gasteiger partial charge in [0, 0.05) is 24.3 Å². The number of H-pyrrole nitrogens is 1. The molecule has 1 aromatic carbocycles. The van der Waals surface area contributed by atoms with Crippen LogP contribution in [0.3, 0.4) is 0 Å². The zero-order chi connectivity index (χ0) is 17.9. The maximum absolute atomic E-state index is 13.0. The summed E-state index contributed by atoms with van der Waals surface area (Å²) in [5.41, 5.74) is 4.30. The number of aromatic nitrogens is 2. The van der Waals surface area contributed by atoms with Crippen LogP contribution in [0.1, 0.15) is 53.0 Å². The number of carbonyl (C=O) groups excluding carboxylic acids is 1. The lowest BCUT2D eigenvalue weighted by Gasteiger charge is -2.32. The highest BCUT2D eigenvalue weighted by molar-refractivity contribution is 5.94. The number of aryl methyl sites for hydroxylation is 2. The summed E-state index contributed by atoms with van der Waals surface area (Å²) >= 11 is 0. The molecule has 1 fully saturated rings. The van der Waals surface area contributed by atoms with Gasteiger partial charge in [-0.2, -0.15) is 5.10 Å². The first-order valence-corrected chi connectivity index (χ1v) is 9.73. The predicted molar refractivity (Wildman–Crippen MR) is 101 cm³/mol. The Hall–Kier alpha value is -2.30. The molecular weight excluding hydrogens is 326 g/mol. The van der Waals surface area contributed by atoms with Crippen LogP contribution in [0.2, 0.25) is 0 Å². The van der Waals surface area contributed by atoms with Crippen LogP contribution in [0, 0.1) is 5.92 Å². The van der Waals surface area contributed by atoms with E-state index in [-0.39, 0.29) is 5.91 Å². The normalized spacial score (nSPS) is 19.4. The number of ether oxygens (including phenoxy) is 1. The number of fused-ring (bicyclic) bond motifs is 1. The largest absolute Gasteiger partial charge is 0.497 e. The first-order valence-electron chi connectivity index (χ1n) is 9.73. The fourth-order valence-corrected chi connectivity index (χ4v) is 4.33. The Balaban J connectivity index is 1.37. The number of methoxy groups -OCH3 is 1. The number of aromatic amines is 1. The lowest BCUT2D eigenvalue weighted by Crippen LogP contribution is -2.40. The van der Waals surface area contributed by atoms with E-state index in [2.05, 4.69) is 22.3 Å². The van der Waals surface area contributed by atoms with Crippen molar-refractivity contribution in [3.8, 4) is 5.75 Å². The van der Waals surface area contributed by atoms with Crippen LogP contribution < -0.4 is 4.74 Å². The lowest BCUT2D eigenvalue weighted by atomic mass is 9.91. The third-order valence-electron chi connectivity index (χ3n) is 5.79. The van der Waals surface area contributed by atoms with Crippen molar-refractivity contribution in [1.82, 2.24) is 15.1 Å². The first-order chi connectivity index (χ1) is 12.7. The molecule has 0 unspecified atom stereocenters. The van der Waals surface area contributed by atoms with Crippen molar-refractivity contribution in [3.05, 3.63) is 46.8 Å². The Morgan fingerprint density at radius 3 is 3.15 bits per heavy atom. The second kappa shape index (κ2) is 7.52. The fraction of sp³-hybridized carbons (Fsp3) is 0.524. The molecule has 0 bridgehead atoms. The van der Waals surface area contributed by atoms with Crippen molar-refractivity contribution in [3.63, 3.8) is 0 Å². The number of piperidine rings is 1. The van der Waals surface area contributed by atoms with Crippen molar-refractivity contribution in [2.45, 2.75) is 44.9 Å². The Bertz CT molecular complexity index is 783. The van der Waals surface area contributed by atoms with E-state index >= 15 is 0 Å². The number of nitrogens with one attached hydrogen (secondary N) is 1. The van der Waals surface area contributed by atoms with E-state index in [1.807, 2.05) is 17.0 Å². The van der Waals surface area contributed by atoms with Gasteiger partial charge in [0.05, 0.1) is 7.11 Å². The fourth-order valence-electron chi connectivity index (χ4n) is 4.33. The third-order valence-corrected chi connectivity index (χ3v) is 5.79. The van der Waals surface area contributed by atoms with Crippen LogP contribution in [0.4, 0.5) is 0 Å². The average Bonchev–Trinajstić information content (AvgIpc) is 3.30. The number of hydrogen-bond donors (Lipinski definition) is 1. The van der Waals surface area contributed by atoms with Gasteiger partial charge in [-0.3, -0.25) is 9.89 Å². The smallest absolute Gasteiger partial charge is 0.274 e. The summed E-state index contributed by atoms with van der Waals surface area (Å²) < 4.78 is 5.31. The van der Waals surface area contributed by atoms with Crippen molar-refractivity contribution >= 4 is 5.91 Å². The Labute approximate surface area is 154 Å². The summed E-state index contributed by atoms with van der Waals surface area (Å²) in [5, 5.41) is 7.39. The van der Waals surface area contributed by atoms with Crippen LogP contribution in [0.25, 0.3) is 0 Å². The summed E-state index contributed by atoms with van der Waals surface area (Å²) in [6.07, 6.45) is 7.57. The number of nitrogens with zero attached hydrogens (tertiary/aromatic N) is 2. The topological polar surface area (TPSA) is 58.2 Å². The Kier molecular flexibility index (Phi) is 4.96. The van der Waals surface area contributed by atoms with Crippen molar-refractivity contribution < 1.29 is 9.53 Å². The molecule has 4 rings (SSSR count). The molecule has 1 amide bonds. The van der Waals surface area contributed by atoms with Gasteiger partial charge in [0.2, 0.25) is 0 Å². The van der Waals surface area contributed by atoms with Gasteiger partial charge in [-0.05, 0) is 68.6 Å². The molecular formula is C21H27N3O2. The van der Waals surface area contributed by atoms with Crippen LogP contribution in [-0.2, 0) is 19.3 Å². The minimum atomic E-state index is 0.121. The van der Waals surface area contributed by atoms with Gasteiger partial charge >= 0.3 is 0 Å². The van der Waals surface area contributed by atoms with Crippen molar-refractivity contribution in [2.24, 2.45) is 5.92 Å². The van der Waals surface area contributed by atoms with E-state index < -0.39 is 0 Å². The monoisotopic (exact) mass is 353 g/mol. The maximum Gasteiger partial charge on any atom is 0.274 e. The zero-order valence-electron chi connectivity index (χ0n) is 15.5. The van der Waals surface area contributed by atoms with Crippen LogP contribution >= 0.6 is 0 Å². The number of amides is 1. The molecule has 0 spiro atoms. The molecule has 1 aliphatic carbocycles. The SMILES string of the molecule is COc1cccc(CC[C@@H]2CCCN(C(=O)c3n[nH]c4c3CCC4)C2)c1. The van der Waals surface area contributed by atoms with E-state index in [4.69, 9.17) is 4.74 Å². The highest BCUT2D eigenvalue weighted by atomic mass is 16.5. The number of carbonyl (C=O) groups is 1. The third kappa shape index (κ3) is 3.48. The minimum absolute atomic E-state index is 0.121. The summed E-state index contributed by atoms with van der Waals surface area (Å²) in [5.74, 6) is 1.59. The molecule has 5 heteroatoms. The molecule has 1 aromatic heterocycles. The average molecular weight is 353 g/mol. The first kappa shape index (κ1) is 17.1. The Morgan fingerprint density at radius 1 is 1.35 bits per heavy atom. The highest BCUT2D eigenvalue weighted by Gasteiger charge is 2.29. The lowest BCUT2D eigenvalue weighted by molar-refractivity contribution is 0.0661. The van der Waals surface area contributed by atoms with E-state index in [1.165, 1.54) is 17.7 Å². The van der Waals surface area contributed by atoms with Gasteiger partial charge in [-0.1, -0.05) is 12.1 Å². The second-order valence-electron chi connectivity index (χ2n) is 7.53. The molecule has 5 nitrogen and oxygen atoms in total. The maximum atomic E-state index is 13.0. The molecule has 2 aliphatic rings. The zero-order valence-corrected chi connectivity index (χ0v) is 15.5. The summed E-state index contributed by atoms with van der Waals surface area (Å²) in [6, 6.07) is 8.29. The summed E-state index contributed by atoms with van der Waals surface area (Å²) in [4.78, 5) is 15.0. The van der Waals surface area contributed by atoms with Crippen LogP contribution in [0.15, 0.2) is 24.3 Å². The van der Waals surface area contributed by atoms with E-state index in [1.54, 1.807) is 7.11 Å².